The third kappa shape index (κ3) is 17.2. The van der Waals surface area contributed by atoms with Gasteiger partial charge >= 0.3 is 51.4 Å². The van der Waals surface area contributed by atoms with E-state index in [0.717, 1.165) is 18.9 Å². The monoisotopic (exact) mass is 250 g/mol. The Bertz CT molecular complexity index is 179. The van der Waals surface area contributed by atoms with E-state index in [1.807, 2.05) is 0 Å². The number of carboxylic acid groups (broad SMARTS) is 1. The van der Waals surface area contributed by atoms with Crippen molar-refractivity contribution in [2.24, 2.45) is 0 Å². The van der Waals surface area contributed by atoms with Crippen LogP contribution in [0, 0.1) is 0 Å². The van der Waals surface area contributed by atoms with Crippen LogP contribution in [0.5, 0.6) is 0 Å². The molecule has 0 N–H and O–H groups in total. The van der Waals surface area contributed by atoms with Gasteiger partial charge in [-0.3, -0.25) is 0 Å². The van der Waals surface area contributed by atoms with E-state index in [4.69, 9.17) is 0 Å². The van der Waals surface area contributed by atoms with Crippen LogP contribution in [0.3, 0.4) is 0 Å². The normalized spacial score (nSPS) is 10.3. The van der Waals surface area contributed by atoms with E-state index in [1.165, 1.54) is 44.9 Å². The fraction of sp³-hybridized carbons (Fsp3) is 0.769. The van der Waals surface area contributed by atoms with Crippen LogP contribution in [-0.4, -0.2) is 5.97 Å². The van der Waals surface area contributed by atoms with Gasteiger partial charge in [0.2, 0.25) is 0 Å². The van der Waals surface area contributed by atoms with E-state index >= 15 is 0 Å². The van der Waals surface area contributed by atoms with E-state index in [2.05, 4.69) is 6.92 Å². The number of carbonyl (C=O) groups is 1. The van der Waals surface area contributed by atoms with Gasteiger partial charge in [-0.2, -0.15) is 0 Å². The maximum Gasteiger partial charge on any atom is 1.00 e. The molecule has 0 rings (SSSR count). The fourth-order valence-corrected chi connectivity index (χ4v) is 1.58. The van der Waals surface area contributed by atoms with E-state index in [-0.39, 0.29) is 51.4 Å². The maximum atomic E-state index is 10.0. The number of unbranched alkanes of at least 4 members (excludes halogenated alkanes) is 8. The Morgan fingerprint density at radius 1 is 1.00 bits per heavy atom. The second kappa shape index (κ2) is 15.8. The average molecular weight is 250 g/mol. The van der Waals surface area contributed by atoms with Gasteiger partial charge in [0.1, 0.15) is 0 Å². The molecule has 0 fully saturated rings. The molecule has 0 saturated carbocycles. The minimum Gasteiger partial charge on any atom is -0.545 e. The summed E-state index contributed by atoms with van der Waals surface area (Å²) in [5.41, 5.74) is 0. The molecule has 0 aliphatic heterocycles. The minimum absolute atomic E-state index is 0. The largest absolute Gasteiger partial charge is 1.00 e. The van der Waals surface area contributed by atoms with E-state index in [9.17, 15) is 9.90 Å². The summed E-state index contributed by atoms with van der Waals surface area (Å²) >= 11 is 0. The summed E-state index contributed by atoms with van der Waals surface area (Å²) in [7, 11) is 0. The van der Waals surface area contributed by atoms with Gasteiger partial charge in [0, 0.05) is 0 Å². The molecule has 0 aliphatic rings. The van der Waals surface area contributed by atoms with Crippen molar-refractivity contribution >= 4 is 5.97 Å². The maximum absolute atomic E-state index is 10.0. The number of aliphatic carboxylic acids is 1. The standard InChI is InChI=1S/C13H24O2.K/c1-2-3-4-5-6-7-8-9-10-11-12-13(14)15;/h11-12H,2-10H2,1H3,(H,14,15);/q;+1/p-1. The molecule has 0 heterocycles. The Balaban J connectivity index is 0. The average Bonchev–Trinajstić information content (AvgIpc) is 2.20. The van der Waals surface area contributed by atoms with E-state index in [1.54, 1.807) is 6.08 Å². The molecule has 0 saturated heterocycles. The second-order valence-electron chi connectivity index (χ2n) is 3.98. The number of rotatable bonds is 10. The molecule has 88 valence electrons. The molecule has 0 radical (unpaired) electrons. The van der Waals surface area contributed by atoms with Crippen LogP contribution in [0.25, 0.3) is 0 Å². The molecule has 0 aliphatic carbocycles. The van der Waals surface area contributed by atoms with Crippen molar-refractivity contribution in [2.45, 2.75) is 64.7 Å². The predicted octanol–water partition coefficient (Wildman–Crippen LogP) is -0.173. The van der Waals surface area contributed by atoms with Crippen LogP contribution >= 0.6 is 0 Å². The Morgan fingerprint density at radius 2 is 1.50 bits per heavy atom. The van der Waals surface area contributed by atoms with Gasteiger partial charge in [0.25, 0.3) is 0 Å². The summed E-state index contributed by atoms with van der Waals surface area (Å²) in [6, 6.07) is 0. The molecule has 0 atom stereocenters. The number of allylic oxidation sites excluding steroid dienone is 1. The number of hydrogen-bond acceptors (Lipinski definition) is 2. The van der Waals surface area contributed by atoms with Crippen LogP contribution in [0.15, 0.2) is 12.2 Å². The number of carboxylic acids is 1. The van der Waals surface area contributed by atoms with Crippen LogP contribution < -0.4 is 56.5 Å². The zero-order valence-electron chi connectivity index (χ0n) is 10.8. The molecule has 0 bridgehead atoms. The molecule has 0 aromatic carbocycles. The van der Waals surface area contributed by atoms with Crippen LogP contribution in [-0.2, 0) is 4.79 Å². The number of carbonyl (C=O) groups excluding carboxylic acids is 1. The molecular formula is C13H23KO2. The third-order valence-electron chi connectivity index (χ3n) is 2.48. The molecule has 0 aromatic rings. The first kappa shape index (κ1) is 19.2. The van der Waals surface area contributed by atoms with Gasteiger partial charge in [0.15, 0.2) is 0 Å². The molecular weight excluding hydrogens is 227 g/mol. The van der Waals surface area contributed by atoms with E-state index < -0.39 is 5.97 Å². The van der Waals surface area contributed by atoms with Crippen molar-refractivity contribution in [2.75, 3.05) is 0 Å². The van der Waals surface area contributed by atoms with Gasteiger partial charge in [0.05, 0.1) is 5.97 Å². The summed E-state index contributed by atoms with van der Waals surface area (Å²) in [4.78, 5) is 10.0. The smallest absolute Gasteiger partial charge is 0.545 e. The van der Waals surface area contributed by atoms with Gasteiger partial charge in [-0.25, -0.2) is 0 Å². The zero-order valence-corrected chi connectivity index (χ0v) is 14.0. The molecule has 0 unspecified atom stereocenters. The Kier molecular flexibility index (Phi) is 19.0. The van der Waals surface area contributed by atoms with Crippen molar-refractivity contribution in [3.8, 4) is 0 Å². The SMILES string of the molecule is CCCCCCCCCCC=CC(=O)[O-].[K+]. The van der Waals surface area contributed by atoms with Crippen molar-refractivity contribution in [1.82, 2.24) is 0 Å². The summed E-state index contributed by atoms with van der Waals surface area (Å²) in [6.07, 6.45) is 14.0. The van der Waals surface area contributed by atoms with Gasteiger partial charge < -0.3 is 9.90 Å². The molecule has 0 aromatic heterocycles. The first-order valence-corrected chi connectivity index (χ1v) is 6.15. The van der Waals surface area contributed by atoms with Crippen LogP contribution in [0.4, 0.5) is 0 Å². The minimum atomic E-state index is -1.09. The Hall–Kier alpha value is 0.846. The topological polar surface area (TPSA) is 40.1 Å². The quantitative estimate of drug-likeness (QED) is 0.307. The molecule has 16 heavy (non-hydrogen) atoms. The summed E-state index contributed by atoms with van der Waals surface area (Å²) in [5, 5.41) is 10.0. The third-order valence-corrected chi connectivity index (χ3v) is 2.48. The van der Waals surface area contributed by atoms with Crippen molar-refractivity contribution in [3.63, 3.8) is 0 Å². The first-order chi connectivity index (χ1) is 7.27. The molecule has 3 heteroatoms. The van der Waals surface area contributed by atoms with Crippen molar-refractivity contribution in [1.29, 1.82) is 0 Å². The first-order valence-electron chi connectivity index (χ1n) is 6.15. The van der Waals surface area contributed by atoms with Crippen LogP contribution in [0.2, 0.25) is 0 Å². The molecule has 2 nitrogen and oxygen atoms in total. The molecule has 0 amide bonds. The summed E-state index contributed by atoms with van der Waals surface area (Å²) in [5.74, 6) is -1.09. The zero-order chi connectivity index (χ0) is 11.4. The molecule has 0 spiro atoms. The predicted molar refractivity (Wildman–Crippen MR) is 61.4 cm³/mol. The van der Waals surface area contributed by atoms with Crippen molar-refractivity contribution < 1.29 is 61.3 Å². The van der Waals surface area contributed by atoms with E-state index in [0.29, 0.717) is 0 Å². The summed E-state index contributed by atoms with van der Waals surface area (Å²) in [6.45, 7) is 2.23. The summed E-state index contributed by atoms with van der Waals surface area (Å²) < 4.78 is 0. The Morgan fingerprint density at radius 3 is 2.00 bits per heavy atom. The Labute approximate surface area is 142 Å². The van der Waals surface area contributed by atoms with Gasteiger partial charge in [-0.1, -0.05) is 57.9 Å². The fourth-order valence-electron chi connectivity index (χ4n) is 1.58. The van der Waals surface area contributed by atoms with Crippen molar-refractivity contribution in [3.05, 3.63) is 12.2 Å². The van der Waals surface area contributed by atoms with Gasteiger partial charge in [-0.15, -0.1) is 0 Å². The number of hydrogen-bond donors (Lipinski definition) is 0. The second-order valence-corrected chi connectivity index (χ2v) is 3.98. The van der Waals surface area contributed by atoms with Crippen LogP contribution in [0.1, 0.15) is 64.7 Å². The van der Waals surface area contributed by atoms with Gasteiger partial charge in [-0.05, 0) is 18.9 Å².